The van der Waals surface area contributed by atoms with Crippen LogP contribution in [-0.2, 0) is 4.84 Å². The van der Waals surface area contributed by atoms with E-state index < -0.39 is 0 Å². The van der Waals surface area contributed by atoms with Crippen molar-refractivity contribution in [2.45, 2.75) is 46.0 Å². The van der Waals surface area contributed by atoms with Crippen molar-refractivity contribution in [1.29, 1.82) is 0 Å². The van der Waals surface area contributed by atoms with Crippen molar-refractivity contribution in [1.82, 2.24) is 5.32 Å². The third-order valence-corrected chi connectivity index (χ3v) is 4.66. The fraction of sp³-hybridized carbons (Fsp3) is 0.500. The fourth-order valence-corrected chi connectivity index (χ4v) is 3.02. The number of nitrogens with one attached hydrogen (secondary N) is 1. The Hall–Kier alpha value is -1.87. The zero-order valence-corrected chi connectivity index (χ0v) is 15.7. The van der Waals surface area contributed by atoms with Gasteiger partial charge in [-0.15, -0.1) is 0 Å². The van der Waals surface area contributed by atoms with E-state index in [2.05, 4.69) is 66.8 Å². The highest BCUT2D eigenvalue weighted by Gasteiger charge is 2.04. The molecule has 0 aliphatic carbocycles. The molecule has 0 fully saturated rings. The Labute approximate surface area is 152 Å². The first kappa shape index (κ1) is 19.5. The summed E-state index contributed by atoms with van der Waals surface area (Å²) in [5.74, 6) is 0.810. The summed E-state index contributed by atoms with van der Waals surface area (Å²) in [5.41, 5.74) is 1.10. The van der Waals surface area contributed by atoms with E-state index in [-0.39, 0.29) is 0 Å². The van der Waals surface area contributed by atoms with Gasteiger partial charge in [0.2, 0.25) is 0 Å². The van der Waals surface area contributed by atoms with E-state index in [1.807, 2.05) is 6.21 Å². The van der Waals surface area contributed by atoms with Crippen LogP contribution in [0.1, 0.15) is 51.5 Å². The summed E-state index contributed by atoms with van der Waals surface area (Å²) in [4.78, 5) is 5.41. The number of rotatable bonds is 12. The van der Waals surface area contributed by atoms with Gasteiger partial charge in [-0.2, -0.15) is 0 Å². The highest BCUT2D eigenvalue weighted by atomic mass is 16.6. The zero-order valence-electron chi connectivity index (χ0n) is 15.7. The number of hydrogen-bond acceptors (Lipinski definition) is 3. The molecule has 0 radical (unpaired) electrons. The second-order valence-corrected chi connectivity index (χ2v) is 6.61. The first-order chi connectivity index (χ1) is 12.3. The van der Waals surface area contributed by atoms with Crippen LogP contribution in [0.5, 0.6) is 0 Å². The summed E-state index contributed by atoms with van der Waals surface area (Å²) in [5, 5.41) is 10.1. The molecule has 0 aromatic heterocycles. The summed E-state index contributed by atoms with van der Waals surface area (Å²) in [6.45, 7) is 7.31. The maximum atomic E-state index is 5.41. The van der Waals surface area contributed by atoms with Gasteiger partial charge in [0.15, 0.2) is 0 Å². The molecule has 0 amide bonds. The van der Waals surface area contributed by atoms with Crippen LogP contribution in [0, 0.1) is 5.92 Å². The maximum absolute atomic E-state index is 5.41. The summed E-state index contributed by atoms with van der Waals surface area (Å²) in [6.07, 6.45) is 8.03. The average Bonchev–Trinajstić information content (AvgIpc) is 2.66. The summed E-state index contributed by atoms with van der Waals surface area (Å²) >= 11 is 0. The van der Waals surface area contributed by atoms with Crippen LogP contribution in [0.3, 0.4) is 0 Å². The van der Waals surface area contributed by atoms with Gasteiger partial charge in [-0.3, -0.25) is 0 Å². The molecule has 1 unspecified atom stereocenters. The quantitative estimate of drug-likeness (QED) is 0.319. The van der Waals surface area contributed by atoms with Crippen LogP contribution >= 0.6 is 0 Å². The van der Waals surface area contributed by atoms with Gasteiger partial charge in [0.05, 0.1) is 6.21 Å². The van der Waals surface area contributed by atoms with Gasteiger partial charge in [0, 0.05) is 5.56 Å². The molecule has 2 aromatic rings. The molecular weight excluding hydrogens is 308 g/mol. The van der Waals surface area contributed by atoms with Crippen molar-refractivity contribution in [2.24, 2.45) is 11.1 Å². The molecule has 0 heterocycles. The van der Waals surface area contributed by atoms with Crippen LogP contribution in [0.15, 0.2) is 47.6 Å². The monoisotopic (exact) mass is 340 g/mol. The number of hydrogen-bond donors (Lipinski definition) is 1. The number of unbranched alkanes of at least 4 members (excludes halogenated alkanes) is 1. The number of nitrogens with zero attached hydrogens (tertiary/aromatic N) is 1. The first-order valence-electron chi connectivity index (χ1n) is 9.69. The van der Waals surface area contributed by atoms with Crippen molar-refractivity contribution in [3.8, 4) is 0 Å². The van der Waals surface area contributed by atoms with Gasteiger partial charge < -0.3 is 10.2 Å². The molecule has 0 spiro atoms. The van der Waals surface area contributed by atoms with E-state index in [9.17, 15) is 0 Å². The second kappa shape index (κ2) is 11.6. The topological polar surface area (TPSA) is 33.6 Å². The van der Waals surface area contributed by atoms with Crippen LogP contribution in [0.25, 0.3) is 10.8 Å². The molecule has 25 heavy (non-hydrogen) atoms. The molecule has 2 aromatic carbocycles. The summed E-state index contributed by atoms with van der Waals surface area (Å²) in [7, 11) is 0. The number of fused-ring (bicyclic) bond motifs is 1. The van der Waals surface area contributed by atoms with Gasteiger partial charge >= 0.3 is 0 Å². The smallest absolute Gasteiger partial charge is 0.118 e. The lowest BCUT2D eigenvalue weighted by molar-refractivity contribution is 0.143. The van der Waals surface area contributed by atoms with Gasteiger partial charge in [-0.1, -0.05) is 80.7 Å². The molecule has 1 atom stereocenters. The van der Waals surface area contributed by atoms with Crippen molar-refractivity contribution in [3.05, 3.63) is 48.0 Å². The predicted octanol–water partition coefficient (Wildman–Crippen LogP) is 5.39. The molecule has 0 saturated carbocycles. The van der Waals surface area contributed by atoms with Gasteiger partial charge in [0.1, 0.15) is 6.61 Å². The zero-order chi connectivity index (χ0) is 17.7. The number of benzene rings is 2. The van der Waals surface area contributed by atoms with Crippen molar-refractivity contribution >= 4 is 17.0 Å². The SMILES string of the molecule is CCCCC(CC)CNCCCON=Cc1cccc2ccccc12. The predicted molar refractivity (Wildman–Crippen MR) is 108 cm³/mol. The first-order valence-corrected chi connectivity index (χ1v) is 9.69. The molecule has 136 valence electrons. The molecule has 3 nitrogen and oxygen atoms in total. The molecule has 3 heteroatoms. The Kier molecular flexibility index (Phi) is 9.06. The minimum absolute atomic E-state index is 0.653. The second-order valence-electron chi connectivity index (χ2n) is 6.61. The molecule has 0 bridgehead atoms. The standard InChI is InChI=1S/C22H32N2O/c1-3-5-10-19(4-2)17-23-15-9-16-25-24-18-21-13-8-12-20-11-6-7-14-22(20)21/h6-8,11-14,18-19,23H,3-5,9-10,15-17H2,1-2H3. The summed E-state index contributed by atoms with van der Waals surface area (Å²) in [6, 6.07) is 14.6. The minimum atomic E-state index is 0.653. The highest BCUT2D eigenvalue weighted by molar-refractivity contribution is 5.99. The Morgan fingerprint density at radius 2 is 1.92 bits per heavy atom. The van der Waals surface area contributed by atoms with Crippen molar-refractivity contribution in [2.75, 3.05) is 19.7 Å². The van der Waals surface area contributed by atoms with Crippen molar-refractivity contribution in [3.63, 3.8) is 0 Å². The van der Waals surface area contributed by atoms with Gasteiger partial charge in [-0.25, -0.2) is 0 Å². The molecule has 1 N–H and O–H groups in total. The van der Waals surface area contributed by atoms with E-state index in [4.69, 9.17) is 4.84 Å². The van der Waals surface area contributed by atoms with E-state index in [0.717, 1.165) is 31.0 Å². The minimum Gasteiger partial charge on any atom is -0.396 e. The Morgan fingerprint density at radius 1 is 1.08 bits per heavy atom. The lowest BCUT2D eigenvalue weighted by Gasteiger charge is -2.14. The Morgan fingerprint density at radius 3 is 2.76 bits per heavy atom. The van der Waals surface area contributed by atoms with Gasteiger partial charge in [0.25, 0.3) is 0 Å². The van der Waals surface area contributed by atoms with E-state index in [1.54, 1.807) is 0 Å². The van der Waals surface area contributed by atoms with E-state index >= 15 is 0 Å². The largest absolute Gasteiger partial charge is 0.396 e. The fourth-order valence-electron chi connectivity index (χ4n) is 3.02. The third-order valence-electron chi connectivity index (χ3n) is 4.66. The lowest BCUT2D eigenvalue weighted by Crippen LogP contribution is -2.24. The van der Waals surface area contributed by atoms with Gasteiger partial charge in [-0.05, 0) is 42.6 Å². The van der Waals surface area contributed by atoms with Crippen LogP contribution in [-0.4, -0.2) is 25.9 Å². The molecular formula is C22H32N2O. The molecule has 0 aliphatic heterocycles. The normalized spacial score (nSPS) is 12.7. The maximum Gasteiger partial charge on any atom is 0.118 e. The molecule has 0 aliphatic rings. The van der Waals surface area contributed by atoms with Crippen molar-refractivity contribution < 1.29 is 4.84 Å². The third kappa shape index (κ3) is 6.87. The van der Waals surface area contributed by atoms with E-state index in [0.29, 0.717) is 6.61 Å². The molecule has 2 rings (SSSR count). The van der Waals surface area contributed by atoms with Crippen LogP contribution in [0.4, 0.5) is 0 Å². The summed E-state index contributed by atoms with van der Waals surface area (Å²) < 4.78 is 0. The van der Waals surface area contributed by atoms with Crippen LogP contribution < -0.4 is 5.32 Å². The van der Waals surface area contributed by atoms with E-state index in [1.165, 1.54) is 36.5 Å². The number of oxime groups is 1. The van der Waals surface area contributed by atoms with Crippen LogP contribution in [0.2, 0.25) is 0 Å². The average molecular weight is 341 g/mol. The highest BCUT2D eigenvalue weighted by Crippen LogP contribution is 2.16. The Balaban J connectivity index is 1.63. The Bertz CT molecular complexity index is 633. The molecule has 0 saturated heterocycles. The lowest BCUT2D eigenvalue weighted by atomic mass is 9.99.